The van der Waals surface area contributed by atoms with Crippen molar-refractivity contribution in [2.45, 2.75) is 25.7 Å². The molecule has 1 aromatic heterocycles. The topological polar surface area (TPSA) is 59.1 Å². The Morgan fingerprint density at radius 2 is 2.05 bits per heavy atom. The third kappa shape index (κ3) is 2.87. The molecule has 0 bridgehead atoms. The van der Waals surface area contributed by atoms with Gasteiger partial charge in [0.05, 0.1) is 18.9 Å². The van der Waals surface area contributed by atoms with Crippen molar-refractivity contribution in [1.29, 1.82) is 0 Å². The number of piperidine rings is 1. The lowest BCUT2D eigenvalue weighted by Crippen LogP contribution is -2.45. The molecule has 104 valence electrons. The largest absolute Gasteiger partial charge is 0.380 e. The summed E-state index contributed by atoms with van der Waals surface area (Å²) in [5.74, 6) is 1.49. The van der Waals surface area contributed by atoms with Crippen molar-refractivity contribution < 1.29 is 4.74 Å². The average Bonchev–Trinajstić information content (AvgIpc) is 2.44. The van der Waals surface area contributed by atoms with Crippen molar-refractivity contribution >= 4 is 5.82 Å². The Balaban J connectivity index is 1.69. The van der Waals surface area contributed by atoms with E-state index in [4.69, 9.17) is 4.74 Å². The van der Waals surface area contributed by atoms with E-state index >= 15 is 0 Å². The van der Waals surface area contributed by atoms with Crippen LogP contribution in [0.1, 0.15) is 31.4 Å². The highest BCUT2D eigenvalue weighted by Crippen LogP contribution is 2.30. The van der Waals surface area contributed by atoms with Gasteiger partial charge in [0.2, 0.25) is 0 Å². The van der Waals surface area contributed by atoms with Crippen LogP contribution in [0.3, 0.4) is 0 Å². The Hall–Kier alpha value is -1.20. The Kier molecular flexibility index (Phi) is 3.66. The first-order valence-electron chi connectivity index (χ1n) is 7.10. The van der Waals surface area contributed by atoms with Gasteiger partial charge in [-0.1, -0.05) is 6.92 Å². The zero-order valence-electron chi connectivity index (χ0n) is 11.5. The molecule has 0 unspecified atom stereocenters. The van der Waals surface area contributed by atoms with Crippen LogP contribution in [0.15, 0.2) is 12.4 Å². The Bertz CT molecular complexity index is 427. The highest BCUT2D eigenvalue weighted by Gasteiger charge is 2.33. The summed E-state index contributed by atoms with van der Waals surface area (Å²) >= 11 is 0. The van der Waals surface area contributed by atoms with E-state index in [0.717, 1.165) is 57.2 Å². The molecular weight excluding hydrogens is 240 g/mol. The number of nitrogens with zero attached hydrogens (tertiary/aromatic N) is 2. The van der Waals surface area contributed by atoms with Crippen LogP contribution < -0.4 is 10.6 Å². The standard InChI is InChI=1S/C14H22N4O/c1-14(9-19-10-14)8-18-13-12(16-6-7-17-13)11-2-4-15-5-3-11/h6-7,11,15H,2-5,8-10H2,1H3,(H,17,18). The molecule has 0 saturated carbocycles. The molecule has 19 heavy (non-hydrogen) atoms. The van der Waals surface area contributed by atoms with Gasteiger partial charge in [-0.05, 0) is 25.9 Å². The van der Waals surface area contributed by atoms with E-state index in [2.05, 4.69) is 27.5 Å². The fourth-order valence-corrected chi connectivity index (χ4v) is 2.73. The number of anilines is 1. The smallest absolute Gasteiger partial charge is 0.148 e. The molecule has 2 fully saturated rings. The van der Waals surface area contributed by atoms with Crippen LogP contribution in [0.5, 0.6) is 0 Å². The summed E-state index contributed by atoms with van der Waals surface area (Å²) in [4.78, 5) is 9.04. The van der Waals surface area contributed by atoms with Crippen molar-refractivity contribution in [3.05, 3.63) is 18.1 Å². The summed E-state index contributed by atoms with van der Waals surface area (Å²) < 4.78 is 5.29. The summed E-state index contributed by atoms with van der Waals surface area (Å²) in [7, 11) is 0. The first-order chi connectivity index (χ1) is 9.27. The maximum Gasteiger partial charge on any atom is 0.148 e. The van der Waals surface area contributed by atoms with Gasteiger partial charge in [0, 0.05) is 30.3 Å². The van der Waals surface area contributed by atoms with E-state index in [1.807, 2.05) is 0 Å². The predicted octanol–water partition coefficient (Wildman–Crippen LogP) is 1.39. The van der Waals surface area contributed by atoms with Crippen LogP contribution in [-0.4, -0.2) is 42.8 Å². The highest BCUT2D eigenvalue weighted by molar-refractivity contribution is 5.42. The molecular formula is C14H22N4O. The number of nitrogens with one attached hydrogen (secondary N) is 2. The molecule has 2 aliphatic rings. The van der Waals surface area contributed by atoms with Gasteiger partial charge in [0.15, 0.2) is 0 Å². The Labute approximate surface area is 114 Å². The van der Waals surface area contributed by atoms with Crippen molar-refractivity contribution in [2.24, 2.45) is 5.41 Å². The molecule has 2 saturated heterocycles. The predicted molar refractivity (Wildman–Crippen MR) is 74.3 cm³/mol. The van der Waals surface area contributed by atoms with Gasteiger partial charge in [0.25, 0.3) is 0 Å². The van der Waals surface area contributed by atoms with Crippen LogP contribution >= 0.6 is 0 Å². The summed E-state index contributed by atoms with van der Waals surface area (Å²) in [6.45, 7) is 6.97. The second-order valence-electron chi connectivity index (χ2n) is 5.97. The molecule has 5 nitrogen and oxygen atoms in total. The molecule has 0 aromatic carbocycles. The molecule has 0 radical (unpaired) electrons. The maximum absolute atomic E-state index is 5.29. The molecule has 5 heteroatoms. The number of hydrogen-bond donors (Lipinski definition) is 2. The fraction of sp³-hybridized carbons (Fsp3) is 0.714. The fourth-order valence-electron chi connectivity index (χ4n) is 2.73. The maximum atomic E-state index is 5.29. The van der Waals surface area contributed by atoms with Gasteiger partial charge in [0.1, 0.15) is 5.82 Å². The second kappa shape index (κ2) is 5.43. The molecule has 0 spiro atoms. The molecule has 0 atom stereocenters. The lowest BCUT2D eigenvalue weighted by molar-refractivity contribution is -0.0925. The summed E-state index contributed by atoms with van der Waals surface area (Å²) in [5.41, 5.74) is 1.39. The van der Waals surface area contributed by atoms with Crippen LogP contribution in [0, 0.1) is 5.41 Å². The Morgan fingerprint density at radius 3 is 2.74 bits per heavy atom. The van der Waals surface area contributed by atoms with Gasteiger partial charge in [-0.3, -0.25) is 4.98 Å². The number of ether oxygens (including phenoxy) is 1. The minimum atomic E-state index is 0.253. The van der Waals surface area contributed by atoms with Crippen LogP contribution in [-0.2, 0) is 4.74 Å². The first-order valence-corrected chi connectivity index (χ1v) is 7.10. The van der Waals surface area contributed by atoms with Gasteiger partial charge in [-0.2, -0.15) is 0 Å². The van der Waals surface area contributed by atoms with Crippen LogP contribution in [0.25, 0.3) is 0 Å². The quantitative estimate of drug-likeness (QED) is 0.859. The molecule has 0 amide bonds. The molecule has 0 aliphatic carbocycles. The zero-order chi connectivity index (χ0) is 13.1. The summed E-state index contributed by atoms with van der Waals surface area (Å²) in [6, 6.07) is 0. The van der Waals surface area contributed by atoms with E-state index in [-0.39, 0.29) is 5.41 Å². The number of rotatable bonds is 4. The second-order valence-corrected chi connectivity index (χ2v) is 5.97. The molecule has 1 aromatic rings. The SMILES string of the molecule is CC1(CNc2nccnc2C2CCNCC2)COC1. The molecule has 3 heterocycles. The van der Waals surface area contributed by atoms with Crippen LogP contribution in [0.2, 0.25) is 0 Å². The van der Waals surface area contributed by atoms with Crippen molar-refractivity contribution in [3.63, 3.8) is 0 Å². The first kappa shape index (κ1) is 12.8. The molecule has 2 N–H and O–H groups in total. The van der Waals surface area contributed by atoms with E-state index in [9.17, 15) is 0 Å². The molecule has 2 aliphatic heterocycles. The zero-order valence-corrected chi connectivity index (χ0v) is 11.5. The minimum absolute atomic E-state index is 0.253. The number of hydrogen-bond acceptors (Lipinski definition) is 5. The van der Waals surface area contributed by atoms with E-state index in [1.54, 1.807) is 12.4 Å². The normalized spacial score (nSPS) is 22.8. The van der Waals surface area contributed by atoms with Gasteiger partial charge >= 0.3 is 0 Å². The van der Waals surface area contributed by atoms with Crippen molar-refractivity contribution in [1.82, 2.24) is 15.3 Å². The van der Waals surface area contributed by atoms with Gasteiger partial charge in [-0.15, -0.1) is 0 Å². The minimum Gasteiger partial charge on any atom is -0.380 e. The van der Waals surface area contributed by atoms with Gasteiger partial charge < -0.3 is 15.4 Å². The summed E-state index contributed by atoms with van der Waals surface area (Å²) in [6.07, 6.45) is 5.87. The lowest BCUT2D eigenvalue weighted by atomic mass is 9.88. The van der Waals surface area contributed by atoms with Crippen LogP contribution in [0.4, 0.5) is 5.82 Å². The average molecular weight is 262 g/mol. The lowest BCUT2D eigenvalue weighted by Gasteiger charge is -2.38. The monoisotopic (exact) mass is 262 g/mol. The highest BCUT2D eigenvalue weighted by atomic mass is 16.5. The van der Waals surface area contributed by atoms with Gasteiger partial charge in [-0.25, -0.2) is 4.98 Å². The van der Waals surface area contributed by atoms with Crippen molar-refractivity contribution in [3.8, 4) is 0 Å². The molecule has 3 rings (SSSR count). The van der Waals surface area contributed by atoms with E-state index in [0.29, 0.717) is 5.92 Å². The number of aromatic nitrogens is 2. The van der Waals surface area contributed by atoms with E-state index in [1.165, 1.54) is 0 Å². The van der Waals surface area contributed by atoms with Crippen molar-refractivity contribution in [2.75, 3.05) is 38.2 Å². The summed E-state index contributed by atoms with van der Waals surface area (Å²) in [5, 5.41) is 6.87. The third-order valence-corrected chi connectivity index (χ3v) is 4.04. The Morgan fingerprint density at radius 1 is 1.32 bits per heavy atom. The third-order valence-electron chi connectivity index (χ3n) is 4.04. The van der Waals surface area contributed by atoms with E-state index < -0.39 is 0 Å².